The van der Waals surface area contributed by atoms with Crippen LogP contribution in [0.1, 0.15) is 44.8 Å². The topological polar surface area (TPSA) is 66.6 Å². The van der Waals surface area contributed by atoms with Crippen LogP contribution in [0.2, 0.25) is 0 Å². The van der Waals surface area contributed by atoms with Crippen LogP contribution >= 0.6 is 0 Å². The summed E-state index contributed by atoms with van der Waals surface area (Å²) >= 11 is 0. The maximum absolute atomic E-state index is 11.2. The summed E-state index contributed by atoms with van der Waals surface area (Å²) in [5.74, 6) is 0. The van der Waals surface area contributed by atoms with Gasteiger partial charge in [-0.2, -0.15) is 0 Å². The summed E-state index contributed by atoms with van der Waals surface area (Å²) in [4.78, 5) is 13.0. The first-order chi connectivity index (χ1) is 9.04. The number of aliphatic hydroxyl groups is 1. The highest BCUT2D eigenvalue weighted by Crippen LogP contribution is 2.36. The van der Waals surface area contributed by atoms with Crippen molar-refractivity contribution in [3.8, 4) is 0 Å². The van der Waals surface area contributed by atoms with Gasteiger partial charge in [0.25, 0.3) is 5.69 Å². The van der Waals surface area contributed by atoms with E-state index in [4.69, 9.17) is 0 Å². The predicted octanol–water partition coefficient (Wildman–Crippen LogP) is 3.03. The Balaban J connectivity index is 2.42. The highest BCUT2D eigenvalue weighted by molar-refractivity contribution is 5.65. The number of rotatable bonds is 4. The number of anilines is 1. The second-order valence-electron chi connectivity index (χ2n) is 5.08. The Kier molecular flexibility index (Phi) is 4.04. The van der Waals surface area contributed by atoms with Gasteiger partial charge in [0.1, 0.15) is 5.69 Å². The molecule has 1 saturated heterocycles. The van der Waals surface area contributed by atoms with E-state index in [9.17, 15) is 15.2 Å². The number of nitrogens with zero attached hydrogens (tertiary/aromatic N) is 2. The maximum Gasteiger partial charge on any atom is 0.292 e. The average Bonchev–Trinajstić information content (AvgIpc) is 2.85. The van der Waals surface area contributed by atoms with Gasteiger partial charge >= 0.3 is 0 Å². The lowest BCUT2D eigenvalue weighted by Crippen LogP contribution is -2.29. The molecule has 5 nitrogen and oxygen atoms in total. The zero-order valence-corrected chi connectivity index (χ0v) is 11.4. The van der Waals surface area contributed by atoms with Crippen LogP contribution in [0, 0.1) is 10.1 Å². The Bertz CT molecular complexity index is 474. The molecule has 1 aliphatic rings. The molecule has 1 N–H and O–H groups in total. The smallest absolute Gasteiger partial charge is 0.292 e. The van der Waals surface area contributed by atoms with Crippen molar-refractivity contribution in [1.82, 2.24) is 0 Å². The fourth-order valence-corrected chi connectivity index (χ4v) is 2.77. The van der Waals surface area contributed by atoms with Crippen molar-refractivity contribution < 1.29 is 10.0 Å². The summed E-state index contributed by atoms with van der Waals surface area (Å²) < 4.78 is 0. The molecule has 2 atom stereocenters. The van der Waals surface area contributed by atoms with E-state index in [1.165, 1.54) is 6.07 Å². The predicted molar refractivity (Wildman–Crippen MR) is 74.4 cm³/mol. The van der Waals surface area contributed by atoms with E-state index in [1.54, 1.807) is 19.1 Å². The monoisotopic (exact) mass is 264 g/mol. The Labute approximate surface area is 113 Å². The van der Waals surface area contributed by atoms with Crippen LogP contribution in [0.25, 0.3) is 0 Å². The molecule has 5 heteroatoms. The quantitative estimate of drug-likeness (QED) is 0.670. The standard InChI is InChI=1S/C14H20N2O3/c1-3-12-5-4-8-15(12)13-7-6-11(10(2)17)9-14(13)16(18)19/h6-7,9-10,12,17H,3-5,8H2,1-2H3/t10-,12?/m1/s1. The summed E-state index contributed by atoms with van der Waals surface area (Å²) in [6, 6.07) is 5.42. The third-order valence-corrected chi connectivity index (χ3v) is 3.84. The van der Waals surface area contributed by atoms with Gasteiger partial charge in [-0.3, -0.25) is 10.1 Å². The maximum atomic E-state index is 11.2. The molecule has 1 aromatic carbocycles. The second-order valence-corrected chi connectivity index (χ2v) is 5.08. The fraction of sp³-hybridized carbons (Fsp3) is 0.571. The number of hydrogen-bond acceptors (Lipinski definition) is 4. The van der Waals surface area contributed by atoms with Gasteiger partial charge in [0, 0.05) is 18.7 Å². The van der Waals surface area contributed by atoms with Crippen molar-refractivity contribution in [2.45, 2.75) is 45.3 Å². The second kappa shape index (κ2) is 5.57. The summed E-state index contributed by atoms with van der Waals surface area (Å²) in [6.45, 7) is 4.59. The molecule has 0 bridgehead atoms. The number of benzene rings is 1. The molecule has 1 aliphatic heterocycles. The molecule has 1 fully saturated rings. The molecule has 1 unspecified atom stereocenters. The largest absolute Gasteiger partial charge is 0.389 e. The van der Waals surface area contributed by atoms with E-state index in [2.05, 4.69) is 11.8 Å². The molecule has 0 spiro atoms. The molecule has 1 heterocycles. The van der Waals surface area contributed by atoms with Crippen LogP contribution in [-0.2, 0) is 0 Å². The van der Waals surface area contributed by atoms with Crippen molar-refractivity contribution in [1.29, 1.82) is 0 Å². The van der Waals surface area contributed by atoms with Gasteiger partial charge < -0.3 is 10.0 Å². The van der Waals surface area contributed by atoms with Crippen LogP contribution in [0.15, 0.2) is 18.2 Å². The molecule has 19 heavy (non-hydrogen) atoms. The van der Waals surface area contributed by atoms with Gasteiger partial charge in [-0.1, -0.05) is 13.0 Å². The van der Waals surface area contributed by atoms with Gasteiger partial charge in [0.15, 0.2) is 0 Å². The lowest BCUT2D eigenvalue weighted by Gasteiger charge is -2.25. The van der Waals surface area contributed by atoms with E-state index in [1.807, 2.05) is 0 Å². The number of nitro groups is 1. The number of hydrogen-bond donors (Lipinski definition) is 1. The van der Waals surface area contributed by atoms with E-state index >= 15 is 0 Å². The lowest BCUT2D eigenvalue weighted by atomic mass is 10.1. The van der Waals surface area contributed by atoms with Gasteiger partial charge in [-0.15, -0.1) is 0 Å². The molecule has 0 amide bonds. The SMILES string of the molecule is CCC1CCCN1c1ccc([C@@H](C)O)cc1[N+](=O)[O-]. The van der Waals surface area contributed by atoms with Crippen molar-refractivity contribution >= 4 is 11.4 Å². The van der Waals surface area contributed by atoms with Gasteiger partial charge in [-0.05, 0) is 37.8 Å². The fourth-order valence-electron chi connectivity index (χ4n) is 2.77. The minimum atomic E-state index is -0.687. The average molecular weight is 264 g/mol. The van der Waals surface area contributed by atoms with Gasteiger partial charge in [0.2, 0.25) is 0 Å². The molecule has 0 saturated carbocycles. The third kappa shape index (κ3) is 2.71. The van der Waals surface area contributed by atoms with Gasteiger partial charge in [-0.25, -0.2) is 0 Å². The van der Waals surface area contributed by atoms with Crippen molar-refractivity contribution in [3.05, 3.63) is 33.9 Å². The van der Waals surface area contributed by atoms with Crippen molar-refractivity contribution in [2.75, 3.05) is 11.4 Å². The van der Waals surface area contributed by atoms with E-state index in [-0.39, 0.29) is 10.6 Å². The van der Waals surface area contributed by atoms with Crippen LogP contribution in [0.3, 0.4) is 0 Å². The lowest BCUT2D eigenvalue weighted by molar-refractivity contribution is -0.384. The summed E-state index contributed by atoms with van der Waals surface area (Å²) in [5, 5.41) is 20.8. The summed E-state index contributed by atoms with van der Waals surface area (Å²) in [7, 11) is 0. The van der Waals surface area contributed by atoms with E-state index in [0.29, 0.717) is 17.3 Å². The number of nitro benzene ring substituents is 1. The first-order valence-corrected chi connectivity index (χ1v) is 6.77. The minimum Gasteiger partial charge on any atom is -0.389 e. The first-order valence-electron chi connectivity index (χ1n) is 6.77. The van der Waals surface area contributed by atoms with Crippen molar-refractivity contribution in [3.63, 3.8) is 0 Å². The van der Waals surface area contributed by atoms with E-state index < -0.39 is 6.10 Å². The zero-order valence-electron chi connectivity index (χ0n) is 11.4. The van der Waals surface area contributed by atoms with Gasteiger partial charge in [0.05, 0.1) is 11.0 Å². The molecular formula is C14H20N2O3. The Hall–Kier alpha value is -1.62. The third-order valence-electron chi connectivity index (χ3n) is 3.84. The molecule has 104 valence electrons. The first kappa shape index (κ1) is 13.8. The number of aliphatic hydroxyl groups excluding tert-OH is 1. The molecule has 0 radical (unpaired) electrons. The molecule has 1 aromatic rings. The molecule has 2 rings (SSSR count). The van der Waals surface area contributed by atoms with Crippen LogP contribution < -0.4 is 4.90 Å². The van der Waals surface area contributed by atoms with Crippen LogP contribution in [0.5, 0.6) is 0 Å². The zero-order chi connectivity index (χ0) is 14.0. The van der Waals surface area contributed by atoms with Crippen LogP contribution in [0.4, 0.5) is 11.4 Å². The van der Waals surface area contributed by atoms with Crippen LogP contribution in [-0.4, -0.2) is 22.6 Å². The normalized spacial score (nSPS) is 20.6. The molecule has 0 aromatic heterocycles. The van der Waals surface area contributed by atoms with E-state index in [0.717, 1.165) is 25.8 Å². The van der Waals surface area contributed by atoms with Crippen molar-refractivity contribution in [2.24, 2.45) is 0 Å². The molecular weight excluding hydrogens is 244 g/mol. The molecule has 0 aliphatic carbocycles. The Morgan fingerprint density at radius 3 is 2.89 bits per heavy atom. The minimum absolute atomic E-state index is 0.0961. The summed E-state index contributed by atoms with van der Waals surface area (Å²) in [6.07, 6.45) is 2.47. The summed E-state index contributed by atoms with van der Waals surface area (Å²) in [5.41, 5.74) is 1.36. The Morgan fingerprint density at radius 2 is 2.32 bits per heavy atom. The highest BCUT2D eigenvalue weighted by Gasteiger charge is 2.29. The Morgan fingerprint density at radius 1 is 1.58 bits per heavy atom. The highest BCUT2D eigenvalue weighted by atomic mass is 16.6.